The van der Waals surface area contributed by atoms with E-state index in [1.165, 1.54) is 0 Å². The summed E-state index contributed by atoms with van der Waals surface area (Å²) in [7, 11) is 3.62. The van der Waals surface area contributed by atoms with Crippen LogP contribution >= 0.6 is 0 Å². The lowest BCUT2D eigenvalue weighted by Crippen LogP contribution is -2.34. The topological polar surface area (TPSA) is 32.7 Å². The number of rotatable bonds is 5. The molecule has 0 saturated heterocycles. The van der Waals surface area contributed by atoms with Crippen molar-refractivity contribution in [3.05, 3.63) is 60.2 Å². The highest BCUT2D eigenvalue weighted by Crippen LogP contribution is 2.31. The van der Waals surface area contributed by atoms with Gasteiger partial charge >= 0.3 is 0 Å². The van der Waals surface area contributed by atoms with E-state index in [1.54, 1.807) is 7.11 Å². The molecule has 0 spiro atoms. The first-order valence-corrected chi connectivity index (χ1v) is 6.74. The fraction of sp³-hybridized carbons (Fsp3) is 0.294. The molecule has 20 heavy (non-hydrogen) atoms. The van der Waals surface area contributed by atoms with E-state index in [2.05, 4.69) is 0 Å². The van der Waals surface area contributed by atoms with Gasteiger partial charge in [0, 0.05) is 7.05 Å². The number of hydrogen-bond acceptors (Lipinski definition) is 3. The molecule has 2 aromatic rings. The molecule has 2 rings (SSSR count). The molecule has 2 aromatic carbocycles. The van der Waals surface area contributed by atoms with Gasteiger partial charge in [-0.1, -0.05) is 42.5 Å². The Morgan fingerprint density at radius 2 is 1.60 bits per heavy atom. The zero-order valence-corrected chi connectivity index (χ0v) is 12.2. The fourth-order valence-electron chi connectivity index (χ4n) is 2.28. The number of para-hydroxylation sites is 2. The zero-order chi connectivity index (χ0) is 14.5. The lowest BCUT2D eigenvalue weighted by molar-refractivity contribution is 0.150. The van der Waals surface area contributed by atoms with Gasteiger partial charge in [-0.15, -0.1) is 0 Å². The first-order valence-electron chi connectivity index (χ1n) is 6.74. The molecule has 0 aliphatic carbocycles. The number of nitrogens with zero attached hydrogens (tertiary/aromatic N) is 1. The summed E-state index contributed by atoms with van der Waals surface area (Å²) in [4.78, 5) is 2.04. The largest absolute Gasteiger partial charge is 0.495 e. The van der Waals surface area contributed by atoms with Crippen LogP contribution in [0.5, 0.6) is 5.75 Å². The van der Waals surface area contributed by atoms with E-state index in [4.69, 9.17) is 4.74 Å². The predicted molar refractivity (Wildman–Crippen MR) is 82.3 cm³/mol. The molecule has 0 unspecified atom stereocenters. The van der Waals surface area contributed by atoms with E-state index in [9.17, 15) is 5.11 Å². The number of hydrogen-bond donors (Lipinski definition) is 1. The fourth-order valence-corrected chi connectivity index (χ4v) is 2.28. The maximum atomic E-state index is 10.5. The average Bonchev–Trinajstić information content (AvgIpc) is 2.53. The van der Waals surface area contributed by atoms with Crippen molar-refractivity contribution in [3.63, 3.8) is 0 Å². The van der Waals surface area contributed by atoms with Crippen LogP contribution in [-0.2, 0) is 0 Å². The van der Waals surface area contributed by atoms with E-state index < -0.39 is 6.10 Å². The molecular weight excluding hydrogens is 250 g/mol. The van der Waals surface area contributed by atoms with E-state index in [0.29, 0.717) is 0 Å². The minimum atomic E-state index is -0.550. The Bertz CT molecular complexity index is 542. The first kappa shape index (κ1) is 14.4. The molecular formula is C17H21NO2. The van der Waals surface area contributed by atoms with Crippen LogP contribution in [0.2, 0.25) is 0 Å². The molecule has 1 N–H and O–H groups in total. The second-order valence-corrected chi connectivity index (χ2v) is 4.88. The van der Waals surface area contributed by atoms with Gasteiger partial charge < -0.3 is 14.7 Å². The van der Waals surface area contributed by atoms with Crippen LogP contribution in [0.3, 0.4) is 0 Å². The molecule has 0 aromatic heterocycles. The Labute approximate surface area is 120 Å². The normalized spacial score (nSPS) is 13.6. The second-order valence-electron chi connectivity index (χ2n) is 4.88. The summed E-state index contributed by atoms with van der Waals surface area (Å²) in [6.07, 6.45) is -0.550. The minimum Gasteiger partial charge on any atom is -0.495 e. The monoisotopic (exact) mass is 271 g/mol. The quantitative estimate of drug-likeness (QED) is 0.906. The van der Waals surface area contributed by atoms with E-state index >= 15 is 0 Å². The van der Waals surface area contributed by atoms with Gasteiger partial charge in [-0.05, 0) is 24.6 Å². The van der Waals surface area contributed by atoms with Crippen LogP contribution in [0.15, 0.2) is 54.6 Å². The third-order valence-corrected chi connectivity index (χ3v) is 3.67. The number of likely N-dealkylation sites (N-methyl/N-ethyl adjacent to an activating group) is 1. The van der Waals surface area contributed by atoms with Crippen molar-refractivity contribution in [3.8, 4) is 5.75 Å². The lowest BCUT2D eigenvalue weighted by atomic mass is 10.0. The van der Waals surface area contributed by atoms with Crippen LogP contribution in [0.4, 0.5) is 5.69 Å². The average molecular weight is 271 g/mol. The predicted octanol–water partition coefficient (Wildman–Crippen LogP) is 3.25. The number of benzene rings is 2. The summed E-state index contributed by atoms with van der Waals surface area (Å²) < 4.78 is 5.38. The van der Waals surface area contributed by atoms with Crippen molar-refractivity contribution < 1.29 is 9.84 Å². The number of aliphatic hydroxyl groups excluding tert-OH is 1. The Kier molecular flexibility index (Phi) is 4.64. The third-order valence-electron chi connectivity index (χ3n) is 3.67. The van der Waals surface area contributed by atoms with Crippen molar-refractivity contribution in [1.29, 1.82) is 0 Å². The number of anilines is 1. The summed E-state index contributed by atoms with van der Waals surface area (Å²) in [5.41, 5.74) is 1.89. The maximum absolute atomic E-state index is 10.5. The van der Waals surface area contributed by atoms with Gasteiger partial charge in [-0.3, -0.25) is 0 Å². The Morgan fingerprint density at radius 3 is 2.25 bits per heavy atom. The molecule has 0 heterocycles. The van der Waals surface area contributed by atoms with Gasteiger partial charge in [0.05, 0.1) is 24.9 Å². The highest BCUT2D eigenvalue weighted by atomic mass is 16.5. The van der Waals surface area contributed by atoms with Crippen LogP contribution < -0.4 is 9.64 Å². The summed E-state index contributed by atoms with van der Waals surface area (Å²) in [5.74, 6) is 0.808. The summed E-state index contributed by atoms with van der Waals surface area (Å²) in [6, 6.07) is 17.5. The van der Waals surface area contributed by atoms with Gasteiger partial charge in [0.2, 0.25) is 0 Å². The van der Waals surface area contributed by atoms with Gasteiger partial charge in [-0.2, -0.15) is 0 Å². The van der Waals surface area contributed by atoms with Gasteiger partial charge in [0.25, 0.3) is 0 Å². The second kappa shape index (κ2) is 6.44. The van der Waals surface area contributed by atoms with Crippen LogP contribution in [0.1, 0.15) is 18.6 Å². The molecule has 106 valence electrons. The van der Waals surface area contributed by atoms with Crippen molar-refractivity contribution in [1.82, 2.24) is 0 Å². The molecule has 0 amide bonds. The van der Waals surface area contributed by atoms with E-state index in [0.717, 1.165) is 17.0 Å². The zero-order valence-electron chi connectivity index (χ0n) is 12.2. The molecule has 0 aliphatic heterocycles. The Balaban J connectivity index is 2.22. The SMILES string of the molecule is COc1ccccc1N(C)[C@@H](C)[C@H](O)c1ccccc1. The number of methoxy groups -OCH3 is 1. The highest BCUT2D eigenvalue weighted by Gasteiger charge is 2.22. The molecule has 0 bridgehead atoms. The molecule has 2 atom stereocenters. The molecule has 0 radical (unpaired) electrons. The summed E-state index contributed by atoms with van der Waals surface area (Å²) in [6.45, 7) is 2.00. The Morgan fingerprint density at radius 1 is 1.00 bits per heavy atom. The molecule has 0 fully saturated rings. The standard InChI is InChI=1S/C17H21NO2/c1-13(17(19)14-9-5-4-6-10-14)18(2)15-11-7-8-12-16(15)20-3/h4-13,17,19H,1-3H3/t13-,17-/m0/s1. The Hall–Kier alpha value is -2.00. The number of aliphatic hydroxyl groups is 1. The van der Waals surface area contributed by atoms with Crippen molar-refractivity contribution >= 4 is 5.69 Å². The smallest absolute Gasteiger partial charge is 0.142 e. The molecule has 0 aliphatic rings. The molecule has 3 nitrogen and oxygen atoms in total. The van der Waals surface area contributed by atoms with Crippen molar-refractivity contribution in [2.24, 2.45) is 0 Å². The van der Waals surface area contributed by atoms with E-state index in [1.807, 2.05) is 73.5 Å². The van der Waals surface area contributed by atoms with Gasteiger partial charge in [0.1, 0.15) is 5.75 Å². The van der Waals surface area contributed by atoms with Crippen LogP contribution in [0, 0.1) is 0 Å². The summed E-state index contributed by atoms with van der Waals surface area (Å²) in [5, 5.41) is 10.5. The third kappa shape index (κ3) is 2.94. The van der Waals surface area contributed by atoms with Crippen molar-refractivity contribution in [2.45, 2.75) is 19.1 Å². The van der Waals surface area contributed by atoms with Gasteiger partial charge in [0.15, 0.2) is 0 Å². The molecule has 0 saturated carbocycles. The maximum Gasteiger partial charge on any atom is 0.142 e. The lowest BCUT2D eigenvalue weighted by Gasteiger charge is -2.32. The minimum absolute atomic E-state index is 0.0614. The van der Waals surface area contributed by atoms with Crippen molar-refractivity contribution in [2.75, 3.05) is 19.1 Å². The molecule has 3 heteroatoms. The number of ether oxygens (including phenoxy) is 1. The van der Waals surface area contributed by atoms with Crippen LogP contribution in [-0.4, -0.2) is 25.3 Å². The van der Waals surface area contributed by atoms with Gasteiger partial charge in [-0.25, -0.2) is 0 Å². The van der Waals surface area contributed by atoms with Crippen LogP contribution in [0.25, 0.3) is 0 Å². The van der Waals surface area contributed by atoms with E-state index in [-0.39, 0.29) is 6.04 Å². The summed E-state index contributed by atoms with van der Waals surface area (Å²) >= 11 is 0. The highest BCUT2D eigenvalue weighted by molar-refractivity contribution is 5.58. The first-order chi connectivity index (χ1) is 9.65.